The van der Waals surface area contributed by atoms with Gasteiger partial charge in [-0.05, 0) is 49.8 Å². The standard InChI is InChI=1S/C26H19F2N3O/c1-16(32)17-5-7-18(8-6-17)23-15-20(11-12-29-23)26-25(19-9-10-21(27)22(28)14-19)30-24-4-2-3-13-31(24)26/h2,4-12,14-15H,3,13H2,1H3. The number of rotatable bonds is 4. The minimum absolute atomic E-state index is 0.00775. The number of carbonyl (C=O) groups is 1. The van der Waals surface area contributed by atoms with Gasteiger partial charge in [-0.3, -0.25) is 9.78 Å². The zero-order valence-electron chi connectivity index (χ0n) is 17.3. The Balaban J connectivity index is 1.65. The van der Waals surface area contributed by atoms with Gasteiger partial charge in [-0.2, -0.15) is 0 Å². The number of hydrogen-bond acceptors (Lipinski definition) is 3. The number of nitrogens with zero attached hydrogens (tertiary/aromatic N) is 3. The number of benzene rings is 2. The number of allylic oxidation sites excluding steroid dienone is 1. The van der Waals surface area contributed by atoms with Gasteiger partial charge < -0.3 is 4.57 Å². The monoisotopic (exact) mass is 427 g/mol. The van der Waals surface area contributed by atoms with Crippen molar-refractivity contribution < 1.29 is 13.6 Å². The van der Waals surface area contributed by atoms with Gasteiger partial charge in [0.1, 0.15) is 5.82 Å². The maximum atomic E-state index is 14.0. The molecule has 2 aromatic carbocycles. The van der Waals surface area contributed by atoms with Crippen molar-refractivity contribution in [2.75, 3.05) is 0 Å². The van der Waals surface area contributed by atoms with Crippen LogP contribution in [0.1, 0.15) is 29.5 Å². The van der Waals surface area contributed by atoms with Crippen molar-refractivity contribution in [3.63, 3.8) is 0 Å². The number of imidazole rings is 1. The maximum Gasteiger partial charge on any atom is 0.159 e. The van der Waals surface area contributed by atoms with E-state index in [1.807, 2.05) is 30.3 Å². The molecule has 32 heavy (non-hydrogen) atoms. The van der Waals surface area contributed by atoms with Crippen LogP contribution < -0.4 is 0 Å². The zero-order valence-corrected chi connectivity index (χ0v) is 17.3. The summed E-state index contributed by atoms with van der Waals surface area (Å²) in [6.45, 7) is 2.27. The number of halogens is 2. The first-order valence-electron chi connectivity index (χ1n) is 10.3. The van der Waals surface area contributed by atoms with Crippen molar-refractivity contribution >= 4 is 11.9 Å². The normalized spacial score (nSPS) is 12.6. The first kappa shape index (κ1) is 20.0. The molecule has 4 aromatic rings. The lowest BCUT2D eigenvalue weighted by atomic mass is 10.0. The van der Waals surface area contributed by atoms with Crippen LogP contribution in [-0.4, -0.2) is 20.3 Å². The van der Waals surface area contributed by atoms with Crippen LogP contribution in [0.2, 0.25) is 0 Å². The lowest BCUT2D eigenvalue weighted by Crippen LogP contribution is -2.05. The van der Waals surface area contributed by atoms with Crippen LogP contribution in [-0.2, 0) is 6.54 Å². The smallest absolute Gasteiger partial charge is 0.159 e. The van der Waals surface area contributed by atoms with Gasteiger partial charge in [0.15, 0.2) is 17.4 Å². The lowest BCUT2D eigenvalue weighted by molar-refractivity contribution is 0.101. The molecule has 0 N–H and O–H groups in total. The molecular weight excluding hydrogens is 408 g/mol. The number of aromatic nitrogens is 3. The molecule has 0 spiro atoms. The van der Waals surface area contributed by atoms with Crippen molar-refractivity contribution in [2.24, 2.45) is 0 Å². The Hall–Kier alpha value is -3.93. The summed E-state index contributed by atoms with van der Waals surface area (Å²) >= 11 is 0. The van der Waals surface area contributed by atoms with E-state index in [2.05, 4.69) is 15.6 Å². The molecule has 4 nitrogen and oxygen atoms in total. The highest BCUT2D eigenvalue weighted by atomic mass is 19.2. The summed E-state index contributed by atoms with van der Waals surface area (Å²) in [6.07, 6.45) is 6.57. The quantitative estimate of drug-likeness (QED) is 0.366. The molecule has 6 heteroatoms. The van der Waals surface area contributed by atoms with E-state index in [1.54, 1.807) is 24.4 Å². The molecule has 0 unspecified atom stereocenters. The van der Waals surface area contributed by atoms with E-state index in [-0.39, 0.29) is 5.78 Å². The van der Waals surface area contributed by atoms with Crippen molar-refractivity contribution in [3.05, 3.63) is 89.9 Å². The molecule has 0 fully saturated rings. The molecule has 0 aliphatic carbocycles. The fourth-order valence-electron chi connectivity index (χ4n) is 3.96. The van der Waals surface area contributed by atoms with E-state index < -0.39 is 11.6 Å². The summed E-state index contributed by atoms with van der Waals surface area (Å²) in [4.78, 5) is 20.8. The first-order chi connectivity index (χ1) is 15.5. The van der Waals surface area contributed by atoms with Crippen LogP contribution in [0.4, 0.5) is 8.78 Å². The predicted octanol–water partition coefficient (Wildman–Crippen LogP) is 6.18. The van der Waals surface area contributed by atoms with Crippen molar-refractivity contribution in [2.45, 2.75) is 19.9 Å². The fourth-order valence-corrected chi connectivity index (χ4v) is 3.96. The minimum atomic E-state index is -0.907. The lowest BCUT2D eigenvalue weighted by Gasteiger charge is -2.14. The highest BCUT2D eigenvalue weighted by Crippen LogP contribution is 2.36. The molecule has 0 saturated heterocycles. The first-order valence-corrected chi connectivity index (χ1v) is 10.3. The highest BCUT2D eigenvalue weighted by Gasteiger charge is 2.21. The average Bonchev–Trinajstić information content (AvgIpc) is 3.20. The highest BCUT2D eigenvalue weighted by molar-refractivity contribution is 5.94. The summed E-state index contributed by atoms with van der Waals surface area (Å²) in [6, 6.07) is 15.0. The topological polar surface area (TPSA) is 47.8 Å². The van der Waals surface area contributed by atoms with Gasteiger partial charge in [0, 0.05) is 35.0 Å². The Kier molecular flexibility index (Phi) is 4.98. The zero-order chi connectivity index (χ0) is 22.2. The van der Waals surface area contributed by atoms with Crippen LogP contribution in [0.15, 0.2) is 66.9 Å². The summed E-state index contributed by atoms with van der Waals surface area (Å²) in [5.74, 6) is -1.01. The average molecular weight is 427 g/mol. The Morgan fingerprint density at radius 2 is 1.72 bits per heavy atom. The van der Waals surface area contributed by atoms with Crippen LogP contribution >= 0.6 is 0 Å². The molecule has 0 atom stereocenters. The molecule has 0 radical (unpaired) electrons. The van der Waals surface area contributed by atoms with Crippen LogP contribution in [0.3, 0.4) is 0 Å². The minimum Gasteiger partial charge on any atom is -0.324 e. The van der Waals surface area contributed by atoms with E-state index in [0.29, 0.717) is 16.8 Å². The molecule has 3 heterocycles. The predicted molar refractivity (Wildman–Crippen MR) is 120 cm³/mol. The number of pyridine rings is 1. The Bertz CT molecular complexity index is 1370. The Morgan fingerprint density at radius 3 is 2.47 bits per heavy atom. The molecule has 0 amide bonds. The third-order valence-corrected chi connectivity index (χ3v) is 5.60. The number of fused-ring (bicyclic) bond motifs is 1. The molecular formula is C26H19F2N3O. The fraction of sp³-hybridized carbons (Fsp3) is 0.115. The molecule has 0 bridgehead atoms. The van der Waals surface area contributed by atoms with Crippen LogP contribution in [0.25, 0.3) is 39.8 Å². The van der Waals surface area contributed by atoms with Crippen molar-refractivity contribution in [1.29, 1.82) is 0 Å². The SMILES string of the molecule is CC(=O)c1ccc(-c2cc(-c3c(-c4ccc(F)c(F)c4)nc4n3CCC=C4)ccn2)cc1. The number of Topliss-reactive ketones (excluding diaryl/α,β-unsaturated/α-hetero) is 1. The van der Waals surface area contributed by atoms with Crippen molar-refractivity contribution in [1.82, 2.24) is 14.5 Å². The Morgan fingerprint density at radius 1 is 0.938 bits per heavy atom. The van der Waals surface area contributed by atoms with Gasteiger partial charge in [-0.1, -0.05) is 30.3 Å². The molecule has 5 rings (SSSR count). The van der Waals surface area contributed by atoms with Gasteiger partial charge in [-0.25, -0.2) is 13.8 Å². The van der Waals surface area contributed by atoms with Gasteiger partial charge >= 0.3 is 0 Å². The third kappa shape index (κ3) is 3.54. The van der Waals surface area contributed by atoms with E-state index in [1.165, 1.54) is 13.0 Å². The van der Waals surface area contributed by atoms with Gasteiger partial charge in [-0.15, -0.1) is 0 Å². The van der Waals surface area contributed by atoms with E-state index in [4.69, 9.17) is 4.98 Å². The molecule has 0 saturated carbocycles. The van der Waals surface area contributed by atoms with Crippen LogP contribution in [0, 0.1) is 11.6 Å². The van der Waals surface area contributed by atoms with E-state index >= 15 is 0 Å². The molecule has 2 aromatic heterocycles. The maximum absolute atomic E-state index is 14.0. The summed E-state index contributed by atoms with van der Waals surface area (Å²) in [5, 5.41) is 0. The summed E-state index contributed by atoms with van der Waals surface area (Å²) < 4.78 is 29.6. The van der Waals surface area contributed by atoms with E-state index in [9.17, 15) is 13.6 Å². The van der Waals surface area contributed by atoms with Crippen LogP contribution in [0.5, 0.6) is 0 Å². The number of hydrogen-bond donors (Lipinski definition) is 0. The Labute approximate surface area is 183 Å². The molecule has 1 aliphatic heterocycles. The van der Waals surface area contributed by atoms with E-state index in [0.717, 1.165) is 47.4 Å². The van der Waals surface area contributed by atoms with Crippen molar-refractivity contribution in [3.8, 4) is 33.8 Å². The largest absolute Gasteiger partial charge is 0.324 e. The summed E-state index contributed by atoms with van der Waals surface area (Å²) in [7, 11) is 0. The molecule has 158 valence electrons. The van der Waals surface area contributed by atoms with Gasteiger partial charge in [0.2, 0.25) is 0 Å². The second kappa shape index (κ2) is 7.96. The second-order valence-electron chi connectivity index (χ2n) is 7.70. The second-order valence-corrected chi connectivity index (χ2v) is 7.70. The van der Waals surface area contributed by atoms with Gasteiger partial charge in [0.05, 0.1) is 17.1 Å². The molecule has 1 aliphatic rings. The third-order valence-electron chi connectivity index (χ3n) is 5.60. The number of carbonyl (C=O) groups excluding carboxylic acids is 1. The summed E-state index contributed by atoms with van der Waals surface area (Å²) in [5.41, 5.74) is 5.08. The van der Waals surface area contributed by atoms with Gasteiger partial charge in [0.25, 0.3) is 0 Å². The number of ketones is 1.